The van der Waals surface area contributed by atoms with Crippen LogP contribution in [0.25, 0.3) is 16.6 Å². The number of piperidine rings is 1. The molecule has 1 aromatic heterocycles. The summed E-state index contributed by atoms with van der Waals surface area (Å²) in [6.07, 6.45) is 5.99. The predicted octanol–water partition coefficient (Wildman–Crippen LogP) is 4.47. The van der Waals surface area contributed by atoms with E-state index in [1.165, 1.54) is 23.1 Å². The Bertz CT molecular complexity index is 1130. The predicted molar refractivity (Wildman–Crippen MR) is 122 cm³/mol. The van der Waals surface area contributed by atoms with Crippen LogP contribution in [0.15, 0.2) is 53.7 Å². The summed E-state index contributed by atoms with van der Waals surface area (Å²) in [7, 11) is 0. The molecule has 0 atom stereocenters. The lowest BCUT2D eigenvalue weighted by Gasteiger charge is -2.32. The number of halogens is 2. The maximum Gasteiger partial charge on any atom is 0.266 e. The van der Waals surface area contributed by atoms with Crippen molar-refractivity contribution < 1.29 is 9.18 Å². The van der Waals surface area contributed by atoms with Crippen molar-refractivity contribution in [1.29, 1.82) is 0 Å². The normalized spacial score (nSPS) is 17.9. The lowest BCUT2D eigenvalue weighted by molar-refractivity contribution is -0.117. The molecule has 1 fully saturated rings. The Morgan fingerprint density at radius 2 is 1.84 bits per heavy atom. The van der Waals surface area contributed by atoms with Gasteiger partial charge in [-0.05, 0) is 79.9 Å². The first-order valence-electron chi connectivity index (χ1n) is 10.7. The van der Waals surface area contributed by atoms with Crippen LogP contribution in [-0.4, -0.2) is 59.3 Å². The topological polar surface area (TPSA) is 40.8 Å². The van der Waals surface area contributed by atoms with E-state index in [1.807, 2.05) is 35.2 Å². The van der Waals surface area contributed by atoms with Gasteiger partial charge in [-0.25, -0.2) is 9.38 Å². The van der Waals surface area contributed by atoms with Gasteiger partial charge in [0.2, 0.25) is 0 Å². The second kappa shape index (κ2) is 8.44. The van der Waals surface area contributed by atoms with Crippen LogP contribution in [0.1, 0.15) is 24.3 Å². The second-order valence-corrected chi connectivity index (χ2v) is 8.75. The standard InChI is InChI=1S/C24H24ClFN4O/c25-18-1-6-23-21(13-18)22(14-30(23)20-4-2-19(26)3-5-20)17-7-9-28(10-8-17)11-12-29-15-24(31)27-16-29/h1-6,13-14,16-17H,7-12,15H2. The van der Waals surface area contributed by atoms with E-state index in [2.05, 4.69) is 20.7 Å². The molecule has 2 aliphatic heterocycles. The molecule has 3 aromatic rings. The number of hydrogen-bond donors (Lipinski definition) is 0. The molecule has 5 rings (SSSR count). The van der Waals surface area contributed by atoms with Crippen LogP contribution >= 0.6 is 11.6 Å². The van der Waals surface area contributed by atoms with Gasteiger partial charge in [-0.15, -0.1) is 0 Å². The molecule has 0 unspecified atom stereocenters. The molecule has 1 saturated heterocycles. The van der Waals surface area contributed by atoms with Crippen LogP contribution in [0.4, 0.5) is 4.39 Å². The van der Waals surface area contributed by atoms with Crippen molar-refractivity contribution in [3.63, 3.8) is 0 Å². The minimum atomic E-state index is -0.236. The summed E-state index contributed by atoms with van der Waals surface area (Å²) in [5.41, 5.74) is 3.34. The van der Waals surface area contributed by atoms with Gasteiger partial charge in [0.05, 0.1) is 11.9 Å². The largest absolute Gasteiger partial charge is 0.352 e. The fourth-order valence-corrected chi connectivity index (χ4v) is 4.82. The minimum Gasteiger partial charge on any atom is -0.352 e. The van der Waals surface area contributed by atoms with Gasteiger partial charge >= 0.3 is 0 Å². The van der Waals surface area contributed by atoms with Crippen molar-refractivity contribution in [2.45, 2.75) is 18.8 Å². The minimum absolute atomic E-state index is 0.0603. The first-order valence-corrected chi connectivity index (χ1v) is 11.0. The number of carbonyl (C=O) groups is 1. The summed E-state index contributed by atoms with van der Waals surface area (Å²) in [6, 6.07) is 12.6. The van der Waals surface area contributed by atoms with Gasteiger partial charge in [0.25, 0.3) is 5.91 Å². The summed E-state index contributed by atoms with van der Waals surface area (Å²) >= 11 is 6.34. The molecule has 0 saturated carbocycles. The maximum absolute atomic E-state index is 13.4. The molecule has 2 aliphatic rings. The first-order chi connectivity index (χ1) is 15.1. The van der Waals surface area contributed by atoms with Gasteiger partial charge < -0.3 is 14.4 Å². The number of benzene rings is 2. The van der Waals surface area contributed by atoms with Gasteiger partial charge in [-0.1, -0.05) is 11.6 Å². The number of amides is 1. The average molecular weight is 439 g/mol. The summed E-state index contributed by atoms with van der Waals surface area (Å²) < 4.78 is 15.6. The summed E-state index contributed by atoms with van der Waals surface area (Å²) in [5, 5.41) is 1.90. The highest BCUT2D eigenvalue weighted by molar-refractivity contribution is 6.31. The Morgan fingerprint density at radius 3 is 2.55 bits per heavy atom. The zero-order valence-electron chi connectivity index (χ0n) is 17.2. The Hall–Kier alpha value is -2.70. The third kappa shape index (κ3) is 4.23. The molecule has 31 heavy (non-hydrogen) atoms. The zero-order valence-corrected chi connectivity index (χ0v) is 17.9. The van der Waals surface area contributed by atoms with Gasteiger partial charge in [0.15, 0.2) is 0 Å². The van der Waals surface area contributed by atoms with Crippen molar-refractivity contribution in [2.24, 2.45) is 4.99 Å². The van der Waals surface area contributed by atoms with E-state index in [4.69, 9.17) is 11.6 Å². The molecule has 0 bridgehead atoms. The van der Waals surface area contributed by atoms with Crippen LogP contribution in [-0.2, 0) is 4.79 Å². The molecule has 0 N–H and O–H groups in total. The number of fused-ring (bicyclic) bond motifs is 1. The van der Waals surface area contributed by atoms with E-state index >= 15 is 0 Å². The van der Waals surface area contributed by atoms with Crippen molar-refractivity contribution in [1.82, 2.24) is 14.4 Å². The highest BCUT2D eigenvalue weighted by Crippen LogP contribution is 2.36. The molecule has 1 amide bonds. The van der Waals surface area contributed by atoms with E-state index in [0.29, 0.717) is 12.5 Å². The van der Waals surface area contributed by atoms with Gasteiger partial charge in [0.1, 0.15) is 12.4 Å². The second-order valence-electron chi connectivity index (χ2n) is 8.32. The van der Waals surface area contributed by atoms with Gasteiger partial charge in [-0.2, -0.15) is 0 Å². The van der Waals surface area contributed by atoms with Crippen LogP contribution < -0.4 is 0 Å². The molecule has 0 spiro atoms. The van der Waals surface area contributed by atoms with E-state index in [-0.39, 0.29) is 11.7 Å². The molecule has 7 heteroatoms. The third-order valence-electron chi connectivity index (χ3n) is 6.34. The zero-order chi connectivity index (χ0) is 21.4. The van der Waals surface area contributed by atoms with Crippen molar-refractivity contribution in [2.75, 3.05) is 32.7 Å². The number of hydrogen-bond acceptors (Lipinski definition) is 3. The third-order valence-corrected chi connectivity index (χ3v) is 6.57. The first kappa shape index (κ1) is 20.2. The Balaban J connectivity index is 1.33. The van der Waals surface area contributed by atoms with E-state index in [1.54, 1.807) is 6.34 Å². The molecule has 3 heterocycles. The van der Waals surface area contributed by atoms with Gasteiger partial charge in [-0.3, -0.25) is 4.79 Å². The Labute approximate surface area is 185 Å². The molecular formula is C24H24ClFN4O. The highest BCUT2D eigenvalue weighted by atomic mass is 35.5. The van der Waals surface area contributed by atoms with Crippen LogP contribution in [0, 0.1) is 5.82 Å². The fourth-order valence-electron chi connectivity index (χ4n) is 4.64. The molecule has 0 radical (unpaired) electrons. The number of aromatic nitrogens is 1. The summed E-state index contributed by atoms with van der Waals surface area (Å²) in [6.45, 7) is 4.22. The van der Waals surface area contributed by atoms with Crippen molar-refractivity contribution in [3.05, 3.63) is 65.1 Å². The van der Waals surface area contributed by atoms with E-state index in [0.717, 1.165) is 55.2 Å². The van der Waals surface area contributed by atoms with E-state index in [9.17, 15) is 9.18 Å². The SMILES string of the molecule is O=C1CN(CCN2CCC(c3cn(-c4ccc(F)cc4)c4ccc(Cl)cc34)CC2)C=N1. The number of nitrogens with zero attached hydrogens (tertiary/aromatic N) is 4. The molecular weight excluding hydrogens is 415 g/mol. The molecule has 5 nitrogen and oxygen atoms in total. The quantitative estimate of drug-likeness (QED) is 0.590. The average Bonchev–Trinajstić information content (AvgIpc) is 3.36. The lowest BCUT2D eigenvalue weighted by atomic mass is 9.89. The van der Waals surface area contributed by atoms with E-state index < -0.39 is 0 Å². The Morgan fingerprint density at radius 1 is 1.06 bits per heavy atom. The number of rotatable bonds is 5. The summed E-state index contributed by atoms with van der Waals surface area (Å²) in [5.74, 6) is 0.157. The van der Waals surface area contributed by atoms with Crippen LogP contribution in [0.2, 0.25) is 5.02 Å². The summed E-state index contributed by atoms with van der Waals surface area (Å²) in [4.78, 5) is 19.5. The molecule has 160 valence electrons. The van der Waals surface area contributed by atoms with Crippen molar-refractivity contribution >= 4 is 34.7 Å². The highest BCUT2D eigenvalue weighted by Gasteiger charge is 2.25. The molecule has 2 aromatic carbocycles. The van der Waals surface area contributed by atoms with Crippen LogP contribution in [0.5, 0.6) is 0 Å². The van der Waals surface area contributed by atoms with Crippen molar-refractivity contribution in [3.8, 4) is 5.69 Å². The molecule has 0 aliphatic carbocycles. The number of carbonyl (C=O) groups excluding carboxylic acids is 1. The maximum atomic E-state index is 13.4. The lowest BCUT2D eigenvalue weighted by Crippen LogP contribution is -2.38. The van der Waals surface area contributed by atoms with Gasteiger partial charge in [0, 0.05) is 35.4 Å². The number of likely N-dealkylation sites (tertiary alicyclic amines) is 1. The fraction of sp³-hybridized carbons (Fsp3) is 0.333. The monoisotopic (exact) mass is 438 g/mol. The van der Waals surface area contributed by atoms with Crippen LogP contribution in [0.3, 0.4) is 0 Å². The smallest absolute Gasteiger partial charge is 0.266 e. The number of aliphatic imine (C=N–C) groups is 1. The Kier molecular flexibility index (Phi) is 5.50.